The lowest BCUT2D eigenvalue weighted by Gasteiger charge is -2.17. The molecule has 1 atom stereocenters. The van der Waals surface area contributed by atoms with E-state index in [-0.39, 0.29) is 5.91 Å². The summed E-state index contributed by atoms with van der Waals surface area (Å²) in [6, 6.07) is 10.0. The highest BCUT2D eigenvalue weighted by Crippen LogP contribution is 2.27. The van der Waals surface area contributed by atoms with Crippen LogP contribution in [0.3, 0.4) is 0 Å². The minimum atomic E-state index is -0.863. The highest BCUT2D eigenvalue weighted by atomic mass is 19.1. The van der Waals surface area contributed by atoms with E-state index in [1.165, 1.54) is 29.2 Å². The first-order valence-corrected chi connectivity index (χ1v) is 7.59. The van der Waals surface area contributed by atoms with Crippen LogP contribution >= 0.6 is 0 Å². The number of carbonyl (C=O) groups excluding carboxylic acids is 2. The van der Waals surface area contributed by atoms with Gasteiger partial charge in [-0.25, -0.2) is 8.78 Å². The van der Waals surface area contributed by atoms with Crippen molar-refractivity contribution in [1.82, 2.24) is 0 Å². The molecule has 0 saturated carbocycles. The first-order chi connectivity index (χ1) is 11.5. The average molecular weight is 330 g/mol. The Bertz CT molecular complexity index is 807. The monoisotopic (exact) mass is 330 g/mol. The Hall–Kier alpha value is -2.76. The first-order valence-electron chi connectivity index (χ1n) is 7.59. The van der Waals surface area contributed by atoms with Crippen molar-refractivity contribution < 1.29 is 18.4 Å². The maximum Gasteiger partial charge on any atom is 0.239 e. The van der Waals surface area contributed by atoms with E-state index < -0.39 is 23.5 Å². The molecule has 1 aliphatic heterocycles. The van der Waals surface area contributed by atoms with Crippen LogP contribution in [0, 0.1) is 24.5 Å². The highest BCUT2D eigenvalue weighted by molar-refractivity contribution is 6.13. The minimum Gasteiger partial charge on any atom is -0.325 e. The number of anilines is 2. The third-order valence-corrected chi connectivity index (χ3v) is 4.08. The summed E-state index contributed by atoms with van der Waals surface area (Å²) < 4.78 is 26.9. The summed E-state index contributed by atoms with van der Waals surface area (Å²) in [6.45, 7) is 1.97. The van der Waals surface area contributed by atoms with Crippen LogP contribution in [0.1, 0.15) is 12.0 Å². The summed E-state index contributed by atoms with van der Waals surface area (Å²) in [5.41, 5.74) is 1.22. The van der Waals surface area contributed by atoms with Crippen molar-refractivity contribution in [2.24, 2.45) is 5.92 Å². The number of nitrogens with zero attached hydrogens (tertiary/aromatic N) is 1. The number of hydrogen-bond acceptors (Lipinski definition) is 2. The van der Waals surface area contributed by atoms with Crippen LogP contribution < -0.4 is 10.2 Å². The lowest BCUT2D eigenvalue weighted by Crippen LogP contribution is -2.33. The molecule has 1 saturated heterocycles. The van der Waals surface area contributed by atoms with Crippen molar-refractivity contribution >= 4 is 23.2 Å². The lowest BCUT2D eigenvalue weighted by atomic mass is 10.1. The molecule has 1 heterocycles. The van der Waals surface area contributed by atoms with Crippen molar-refractivity contribution in [3.05, 3.63) is 59.7 Å². The van der Waals surface area contributed by atoms with Crippen LogP contribution in [0.25, 0.3) is 0 Å². The second kappa shape index (κ2) is 6.39. The molecule has 0 bridgehead atoms. The smallest absolute Gasteiger partial charge is 0.239 e. The molecule has 2 amide bonds. The quantitative estimate of drug-likeness (QED) is 0.878. The second-order valence-corrected chi connectivity index (χ2v) is 5.76. The fourth-order valence-corrected chi connectivity index (χ4v) is 2.72. The molecular formula is C18H16F2N2O2. The Morgan fingerprint density at radius 2 is 2.00 bits per heavy atom. The van der Waals surface area contributed by atoms with E-state index in [0.29, 0.717) is 29.9 Å². The minimum absolute atomic E-state index is 0.299. The van der Waals surface area contributed by atoms with E-state index in [9.17, 15) is 18.4 Å². The molecule has 2 aromatic carbocycles. The van der Waals surface area contributed by atoms with Gasteiger partial charge in [0.2, 0.25) is 11.8 Å². The van der Waals surface area contributed by atoms with Crippen molar-refractivity contribution in [3.8, 4) is 0 Å². The molecule has 24 heavy (non-hydrogen) atoms. The first kappa shape index (κ1) is 16.1. The summed E-state index contributed by atoms with van der Waals surface area (Å²) in [6.07, 6.45) is 0.329. The number of benzene rings is 2. The SMILES string of the molecule is Cc1ccc(N2CCC(C(=O)Nc3cccc(F)c3)C2=O)cc1F. The maximum absolute atomic E-state index is 13.7. The number of rotatable bonds is 3. The normalized spacial score (nSPS) is 17.2. The van der Waals surface area contributed by atoms with Gasteiger partial charge in [0.25, 0.3) is 0 Å². The third-order valence-electron chi connectivity index (χ3n) is 4.08. The second-order valence-electron chi connectivity index (χ2n) is 5.76. The number of amides is 2. The van der Waals surface area contributed by atoms with Crippen molar-refractivity contribution in [1.29, 1.82) is 0 Å². The Morgan fingerprint density at radius 3 is 2.71 bits per heavy atom. The lowest BCUT2D eigenvalue weighted by molar-refractivity contribution is -0.129. The van der Waals surface area contributed by atoms with Crippen molar-refractivity contribution in [2.45, 2.75) is 13.3 Å². The molecule has 1 unspecified atom stereocenters. The molecule has 0 aromatic heterocycles. The van der Waals surface area contributed by atoms with E-state index in [4.69, 9.17) is 0 Å². The summed E-state index contributed by atoms with van der Waals surface area (Å²) in [7, 11) is 0. The van der Waals surface area contributed by atoms with Gasteiger partial charge in [-0.05, 0) is 49.2 Å². The molecule has 3 rings (SSSR count). The molecule has 1 aliphatic rings. The molecule has 124 valence electrons. The predicted molar refractivity (Wildman–Crippen MR) is 86.6 cm³/mol. The fourth-order valence-electron chi connectivity index (χ4n) is 2.72. The van der Waals surface area contributed by atoms with Crippen LogP contribution in [-0.2, 0) is 9.59 Å². The van der Waals surface area contributed by atoms with Gasteiger partial charge in [-0.1, -0.05) is 12.1 Å². The third kappa shape index (κ3) is 3.13. The molecule has 0 spiro atoms. The van der Waals surface area contributed by atoms with Crippen LogP contribution in [0.2, 0.25) is 0 Å². The number of halogens is 2. The predicted octanol–water partition coefficient (Wildman–Crippen LogP) is 3.26. The Kier molecular flexibility index (Phi) is 4.29. The largest absolute Gasteiger partial charge is 0.325 e. The van der Waals surface area contributed by atoms with Gasteiger partial charge in [0.05, 0.1) is 0 Å². The van der Waals surface area contributed by atoms with Gasteiger partial charge in [0.1, 0.15) is 17.6 Å². The molecule has 6 heteroatoms. The van der Waals surface area contributed by atoms with E-state index >= 15 is 0 Å². The summed E-state index contributed by atoms with van der Waals surface area (Å²) in [5, 5.41) is 2.55. The summed E-state index contributed by atoms with van der Waals surface area (Å²) >= 11 is 0. The van der Waals surface area contributed by atoms with Gasteiger partial charge in [0.15, 0.2) is 0 Å². The number of aryl methyl sites for hydroxylation is 1. The topological polar surface area (TPSA) is 49.4 Å². The Morgan fingerprint density at radius 1 is 1.21 bits per heavy atom. The zero-order valence-corrected chi connectivity index (χ0v) is 13.1. The number of nitrogens with one attached hydrogen (secondary N) is 1. The zero-order valence-electron chi connectivity index (χ0n) is 13.1. The van der Waals surface area contributed by atoms with Crippen molar-refractivity contribution in [3.63, 3.8) is 0 Å². The van der Waals surface area contributed by atoms with Gasteiger partial charge in [-0.2, -0.15) is 0 Å². The van der Waals surface area contributed by atoms with Crippen LogP contribution in [0.4, 0.5) is 20.2 Å². The molecule has 4 nitrogen and oxygen atoms in total. The van der Waals surface area contributed by atoms with Crippen LogP contribution in [-0.4, -0.2) is 18.4 Å². The molecule has 0 radical (unpaired) electrons. The van der Waals surface area contributed by atoms with Crippen LogP contribution in [0.15, 0.2) is 42.5 Å². The molecule has 1 fully saturated rings. The Labute approximate surface area is 138 Å². The number of hydrogen-bond donors (Lipinski definition) is 1. The van der Waals surface area contributed by atoms with E-state index in [2.05, 4.69) is 5.32 Å². The Balaban J connectivity index is 1.73. The average Bonchev–Trinajstić information content (AvgIpc) is 2.92. The van der Waals surface area contributed by atoms with Gasteiger partial charge >= 0.3 is 0 Å². The van der Waals surface area contributed by atoms with Crippen molar-refractivity contribution in [2.75, 3.05) is 16.8 Å². The maximum atomic E-state index is 13.7. The summed E-state index contributed by atoms with van der Waals surface area (Å²) in [4.78, 5) is 26.1. The van der Waals surface area contributed by atoms with E-state index in [0.717, 1.165) is 0 Å². The van der Waals surface area contributed by atoms with Gasteiger partial charge in [-0.3, -0.25) is 9.59 Å². The van der Waals surface area contributed by atoms with Gasteiger partial charge in [0, 0.05) is 17.9 Å². The molecule has 0 aliphatic carbocycles. The van der Waals surface area contributed by atoms with Gasteiger partial charge in [-0.15, -0.1) is 0 Å². The van der Waals surface area contributed by atoms with Crippen LogP contribution in [0.5, 0.6) is 0 Å². The molecule has 2 aromatic rings. The van der Waals surface area contributed by atoms with Gasteiger partial charge < -0.3 is 10.2 Å². The highest BCUT2D eigenvalue weighted by Gasteiger charge is 2.37. The van der Waals surface area contributed by atoms with E-state index in [1.54, 1.807) is 25.1 Å². The molecular weight excluding hydrogens is 314 g/mol. The molecule has 1 N–H and O–H groups in total. The number of carbonyl (C=O) groups is 2. The fraction of sp³-hybridized carbons (Fsp3) is 0.222. The zero-order chi connectivity index (χ0) is 17.3. The standard InChI is InChI=1S/C18H16F2N2O2/c1-11-5-6-14(10-16(11)20)22-8-7-15(18(22)24)17(23)21-13-4-2-3-12(19)9-13/h2-6,9-10,15H,7-8H2,1H3,(H,21,23). The van der Waals surface area contributed by atoms with E-state index in [1.807, 2.05) is 0 Å². The summed E-state index contributed by atoms with van der Waals surface area (Å²) in [5.74, 6) is -2.60.